The molecule has 0 spiro atoms. The fraction of sp³-hybridized carbons (Fsp3) is 0.393. The largest absolute Gasteiger partial charge is 0.351 e. The van der Waals surface area contributed by atoms with Crippen molar-refractivity contribution >= 4 is 41.0 Å². The van der Waals surface area contributed by atoms with Crippen LogP contribution >= 0.6 is 0 Å². The van der Waals surface area contributed by atoms with Crippen molar-refractivity contribution in [3.8, 4) is 0 Å². The number of anilines is 2. The van der Waals surface area contributed by atoms with Gasteiger partial charge in [-0.1, -0.05) is 30.3 Å². The van der Waals surface area contributed by atoms with Gasteiger partial charge in [-0.15, -0.1) is 0 Å². The number of ketones is 1. The van der Waals surface area contributed by atoms with Crippen LogP contribution in [0.3, 0.4) is 0 Å². The molecule has 3 N–H and O–H groups in total. The molecule has 1 aliphatic heterocycles. The lowest BCUT2D eigenvalue weighted by Gasteiger charge is -2.27. The number of carbonyl (C=O) groups excluding carboxylic acids is 5. The van der Waals surface area contributed by atoms with E-state index < -0.39 is 35.5 Å². The maximum atomic E-state index is 13.3. The summed E-state index contributed by atoms with van der Waals surface area (Å²) in [4.78, 5) is 65.3. The Bertz CT molecular complexity index is 1240. The van der Waals surface area contributed by atoms with E-state index in [0.29, 0.717) is 11.4 Å². The fourth-order valence-corrected chi connectivity index (χ4v) is 4.31. The number of imide groups is 1. The standard InChI is InChI=1S/C28H35N5O5/c1-17-9-7-8-10-23(17)31-26(37)30-22-13-11-21(12-14-22)16-32-27(38)33(25(36)28(32,5)6)20(4)24(35)29-18(2)15-19(3)34/h7-14,18,20H,15-16H2,1-6H3,(H,29,35)(H2,30,31,37). The Balaban J connectivity index is 1.65. The first kappa shape index (κ1) is 28.4. The zero-order chi connectivity index (χ0) is 28.2. The summed E-state index contributed by atoms with van der Waals surface area (Å²) in [5, 5.41) is 8.27. The number of para-hydroxylation sites is 1. The van der Waals surface area contributed by atoms with Gasteiger partial charge in [0.15, 0.2) is 0 Å². The molecule has 202 valence electrons. The molecule has 10 nitrogen and oxygen atoms in total. The minimum absolute atomic E-state index is 0.0702. The van der Waals surface area contributed by atoms with Gasteiger partial charge in [-0.3, -0.25) is 14.4 Å². The maximum Gasteiger partial charge on any atom is 0.328 e. The molecule has 2 unspecified atom stereocenters. The van der Waals surface area contributed by atoms with Crippen LogP contribution in [0.25, 0.3) is 0 Å². The number of benzene rings is 2. The van der Waals surface area contributed by atoms with Crippen LogP contribution in [0.2, 0.25) is 0 Å². The van der Waals surface area contributed by atoms with Gasteiger partial charge >= 0.3 is 12.1 Å². The van der Waals surface area contributed by atoms with Gasteiger partial charge in [0, 0.05) is 30.4 Å². The molecule has 38 heavy (non-hydrogen) atoms. The number of nitrogens with zero attached hydrogens (tertiary/aromatic N) is 2. The number of hydrogen-bond donors (Lipinski definition) is 3. The van der Waals surface area contributed by atoms with Crippen molar-refractivity contribution < 1.29 is 24.0 Å². The summed E-state index contributed by atoms with van der Waals surface area (Å²) in [5.41, 5.74) is 1.80. The molecule has 0 radical (unpaired) electrons. The highest BCUT2D eigenvalue weighted by Gasteiger charge is 2.53. The van der Waals surface area contributed by atoms with E-state index in [1.165, 1.54) is 18.7 Å². The molecule has 1 fully saturated rings. The topological polar surface area (TPSA) is 128 Å². The van der Waals surface area contributed by atoms with Crippen LogP contribution in [0.15, 0.2) is 48.5 Å². The summed E-state index contributed by atoms with van der Waals surface area (Å²) in [7, 11) is 0. The van der Waals surface area contributed by atoms with E-state index in [4.69, 9.17) is 0 Å². The molecule has 6 amide bonds. The number of Topliss-reactive ketones (excluding diaryl/α,β-unsaturated/α-hetero) is 1. The Morgan fingerprint density at radius 1 is 0.947 bits per heavy atom. The summed E-state index contributed by atoms with van der Waals surface area (Å²) in [6, 6.07) is 12.0. The van der Waals surface area contributed by atoms with E-state index in [9.17, 15) is 24.0 Å². The first-order chi connectivity index (χ1) is 17.8. The van der Waals surface area contributed by atoms with E-state index in [2.05, 4.69) is 16.0 Å². The molecule has 0 saturated carbocycles. The van der Waals surface area contributed by atoms with E-state index in [0.717, 1.165) is 16.0 Å². The molecule has 0 aromatic heterocycles. The summed E-state index contributed by atoms with van der Waals surface area (Å²) >= 11 is 0. The number of urea groups is 2. The van der Waals surface area contributed by atoms with Crippen molar-refractivity contribution in [2.45, 2.75) is 72.1 Å². The van der Waals surface area contributed by atoms with Gasteiger partial charge < -0.3 is 20.9 Å². The summed E-state index contributed by atoms with van der Waals surface area (Å²) in [6.45, 7) is 9.94. The van der Waals surface area contributed by atoms with Gasteiger partial charge in [0.25, 0.3) is 5.91 Å². The molecule has 0 aliphatic carbocycles. The van der Waals surface area contributed by atoms with Gasteiger partial charge in [-0.2, -0.15) is 0 Å². The van der Waals surface area contributed by atoms with Gasteiger partial charge in [0.1, 0.15) is 17.4 Å². The van der Waals surface area contributed by atoms with E-state index in [1.807, 2.05) is 31.2 Å². The number of carbonyl (C=O) groups is 5. The molecular weight excluding hydrogens is 486 g/mol. The van der Waals surface area contributed by atoms with Gasteiger partial charge in [-0.05, 0) is 70.9 Å². The summed E-state index contributed by atoms with van der Waals surface area (Å²) < 4.78 is 0. The third-order valence-corrected chi connectivity index (χ3v) is 6.55. The lowest BCUT2D eigenvalue weighted by molar-refractivity contribution is -0.138. The van der Waals surface area contributed by atoms with E-state index in [1.54, 1.807) is 45.0 Å². The highest BCUT2D eigenvalue weighted by Crippen LogP contribution is 2.31. The van der Waals surface area contributed by atoms with Crippen molar-refractivity contribution in [1.29, 1.82) is 0 Å². The molecule has 1 heterocycles. The first-order valence-corrected chi connectivity index (χ1v) is 12.5. The quantitative estimate of drug-likeness (QED) is 0.429. The number of aryl methyl sites for hydroxylation is 1. The summed E-state index contributed by atoms with van der Waals surface area (Å²) in [6.07, 6.45) is 0.163. The highest BCUT2D eigenvalue weighted by molar-refractivity contribution is 6.09. The third-order valence-electron chi connectivity index (χ3n) is 6.55. The number of nitrogens with one attached hydrogen (secondary N) is 3. The lowest BCUT2D eigenvalue weighted by atomic mass is 10.0. The fourth-order valence-electron chi connectivity index (χ4n) is 4.31. The molecule has 2 atom stereocenters. The zero-order valence-electron chi connectivity index (χ0n) is 22.6. The Morgan fingerprint density at radius 2 is 1.58 bits per heavy atom. The molecule has 2 aromatic carbocycles. The van der Waals surface area contributed by atoms with E-state index >= 15 is 0 Å². The van der Waals surface area contributed by atoms with Gasteiger partial charge in [0.05, 0.1) is 0 Å². The average Bonchev–Trinajstić information content (AvgIpc) is 2.99. The number of hydrogen-bond acceptors (Lipinski definition) is 5. The second-order valence-electron chi connectivity index (χ2n) is 10.2. The molecule has 3 rings (SSSR count). The van der Waals surface area contributed by atoms with Crippen LogP contribution in [0.5, 0.6) is 0 Å². The molecule has 1 saturated heterocycles. The van der Waals surface area contributed by atoms with Crippen molar-refractivity contribution in [3.63, 3.8) is 0 Å². The van der Waals surface area contributed by atoms with Gasteiger partial charge in [0.2, 0.25) is 5.91 Å². The maximum absolute atomic E-state index is 13.3. The van der Waals surface area contributed by atoms with Crippen molar-refractivity contribution in [2.24, 2.45) is 0 Å². The smallest absolute Gasteiger partial charge is 0.328 e. The first-order valence-electron chi connectivity index (χ1n) is 12.5. The highest BCUT2D eigenvalue weighted by atomic mass is 16.2. The molecule has 1 aliphatic rings. The zero-order valence-corrected chi connectivity index (χ0v) is 22.6. The number of amides is 6. The molecule has 0 bridgehead atoms. The van der Waals surface area contributed by atoms with Crippen LogP contribution in [-0.4, -0.2) is 57.1 Å². The molecule has 2 aromatic rings. The van der Waals surface area contributed by atoms with Crippen molar-refractivity contribution in [1.82, 2.24) is 15.1 Å². The lowest BCUT2D eigenvalue weighted by Crippen LogP contribution is -2.51. The average molecular weight is 522 g/mol. The summed E-state index contributed by atoms with van der Waals surface area (Å²) in [5.74, 6) is -1.05. The monoisotopic (exact) mass is 521 g/mol. The van der Waals surface area contributed by atoms with Crippen LogP contribution in [0, 0.1) is 6.92 Å². The van der Waals surface area contributed by atoms with Gasteiger partial charge in [-0.25, -0.2) is 14.5 Å². The number of rotatable bonds is 9. The second-order valence-corrected chi connectivity index (χ2v) is 10.2. The predicted octanol–water partition coefficient (Wildman–Crippen LogP) is 4.05. The Morgan fingerprint density at radius 3 is 2.18 bits per heavy atom. The SMILES string of the molecule is CC(=O)CC(C)NC(=O)C(C)N1C(=O)N(Cc2ccc(NC(=O)Nc3ccccc3C)cc2)C(C)(C)C1=O. The van der Waals surface area contributed by atoms with Crippen LogP contribution < -0.4 is 16.0 Å². The predicted molar refractivity (Wildman–Crippen MR) is 144 cm³/mol. The minimum atomic E-state index is -1.17. The third kappa shape index (κ3) is 6.37. The van der Waals surface area contributed by atoms with E-state index in [-0.39, 0.29) is 24.8 Å². The molecular formula is C28H35N5O5. The normalized spacial score (nSPS) is 16.2. The van der Waals surface area contributed by atoms with Crippen LogP contribution in [-0.2, 0) is 20.9 Å². The minimum Gasteiger partial charge on any atom is -0.351 e. The Kier molecular flexibility index (Phi) is 8.55. The van der Waals surface area contributed by atoms with Crippen LogP contribution in [0.4, 0.5) is 21.0 Å². The molecule has 10 heteroatoms. The second kappa shape index (κ2) is 11.5. The Hall–Kier alpha value is -4.21. The Labute approximate surface area is 222 Å². The van der Waals surface area contributed by atoms with Crippen molar-refractivity contribution in [2.75, 3.05) is 10.6 Å². The van der Waals surface area contributed by atoms with Crippen molar-refractivity contribution in [3.05, 3.63) is 59.7 Å². The van der Waals surface area contributed by atoms with Crippen LogP contribution in [0.1, 0.15) is 52.2 Å².